The lowest BCUT2D eigenvalue weighted by Gasteiger charge is -2.00. The van der Waals surface area contributed by atoms with Crippen LogP contribution in [0.1, 0.15) is 11.1 Å². The fourth-order valence-corrected chi connectivity index (χ4v) is 3.90. The van der Waals surface area contributed by atoms with E-state index in [2.05, 4.69) is 42.2 Å². The van der Waals surface area contributed by atoms with Gasteiger partial charge in [0.2, 0.25) is 10.8 Å². The third-order valence-electron chi connectivity index (χ3n) is 4.11. The van der Waals surface area contributed by atoms with E-state index >= 15 is 0 Å². The number of benzene rings is 2. The van der Waals surface area contributed by atoms with Crippen LogP contribution in [0.3, 0.4) is 0 Å². The average molecular weight is 346 g/mol. The van der Waals surface area contributed by atoms with E-state index in [-0.39, 0.29) is 0 Å². The minimum absolute atomic E-state index is 0.623. The van der Waals surface area contributed by atoms with Gasteiger partial charge in [0.15, 0.2) is 5.76 Å². The predicted molar refractivity (Wildman–Crippen MR) is 98.8 cm³/mol. The van der Waals surface area contributed by atoms with E-state index in [1.165, 1.54) is 22.5 Å². The van der Waals surface area contributed by atoms with Gasteiger partial charge in [-0.3, -0.25) is 0 Å². The number of aryl methyl sites for hydroxylation is 2. The summed E-state index contributed by atoms with van der Waals surface area (Å²) >= 11 is 1.53. The summed E-state index contributed by atoms with van der Waals surface area (Å²) in [5.74, 6) is 1.30. The van der Waals surface area contributed by atoms with Crippen molar-refractivity contribution in [3.63, 3.8) is 0 Å². The fourth-order valence-electron chi connectivity index (χ4n) is 3.08. The van der Waals surface area contributed by atoms with Crippen LogP contribution in [0.15, 0.2) is 52.9 Å². The molecule has 0 aliphatic heterocycles. The van der Waals surface area contributed by atoms with E-state index in [0.717, 1.165) is 26.5 Å². The number of aromatic nitrogens is 4. The van der Waals surface area contributed by atoms with Gasteiger partial charge < -0.3 is 4.42 Å². The number of furan rings is 1. The molecule has 2 aromatic carbocycles. The molecule has 0 spiro atoms. The van der Waals surface area contributed by atoms with Crippen molar-refractivity contribution < 1.29 is 4.42 Å². The average Bonchev–Trinajstić information content (AvgIpc) is 3.26. The molecule has 0 aliphatic rings. The zero-order valence-electron chi connectivity index (χ0n) is 13.7. The molecule has 0 aliphatic carbocycles. The van der Waals surface area contributed by atoms with Crippen LogP contribution in [-0.2, 0) is 0 Å². The Balaban J connectivity index is 1.66. The summed E-state index contributed by atoms with van der Waals surface area (Å²) in [5, 5.41) is 15.2. The first kappa shape index (κ1) is 14.4. The maximum atomic E-state index is 5.92. The minimum Gasteiger partial charge on any atom is -0.453 e. The predicted octanol–water partition coefficient (Wildman–Crippen LogP) is 4.88. The second kappa shape index (κ2) is 5.26. The second-order valence-corrected chi connectivity index (χ2v) is 7.11. The van der Waals surface area contributed by atoms with Crippen molar-refractivity contribution in [3.05, 3.63) is 59.7 Å². The molecule has 0 saturated heterocycles. The van der Waals surface area contributed by atoms with E-state index in [1.807, 2.05) is 30.3 Å². The normalized spacial score (nSPS) is 11.6. The van der Waals surface area contributed by atoms with Crippen molar-refractivity contribution in [1.29, 1.82) is 0 Å². The SMILES string of the molecule is Cc1cc(C)cc(-c2nn3c(-c4cc5ccccc5o4)nnc3s2)c1. The monoisotopic (exact) mass is 346 g/mol. The number of hydrogen-bond donors (Lipinski definition) is 0. The second-order valence-electron chi connectivity index (χ2n) is 6.15. The smallest absolute Gasteiger partial charge is 0.235 e. The van der Waals surface area contributed by atoms with Gasteiger partial charge in [-0.1, -0.05) is 46.7 Å². The molecule has 5 nitrogen and oxygen atoms in total. The molecule has 5 aromatic rings. The van der Waals surface area contributed by atoms with Crippen molar-refractivity contribution in [3.8, 4) is 22.2 Å². The van der Waals surface area contributed by atoms with Crippen LogP contribution >= 0.6 is 11.3 Å². The Labute approximate surface area is 147 Å². The van der Waals surface area contributed by atoms with Crippen LogP contribution in [-0.4, -0.2) is 19.8 Å². The Kier molecular flexibility index (Phi) is 3.02. The first-order valence-electron chi connectivity index (χ1n) is 7.97. The highest BCUT2D eigenvalue weighted by molar-refractivity contribution is 7.19. The number of nitrogens with zero attached hydrogens (tertiary/aromatic N) is 4. The number of hydrogen-bond acceptors (Lipinski definition) is 5. The molecule has 0 fully saturated rings. The van der Waals surface area contributed by atoms with Gasteiger partial charge in [-0.05, 0) is 38.1 Å². The molecule has 0 N–H and O–H groups in total. The largest absolute Gasteiger partial charge is 0.453 e. The molecule has 0 saturated carbocycles. The van der Waals surface area contributed by atoms with Gasteiger partial charge in [0, 0.05) is 10.9 Å². The van der Waals surface area contributed by atoms with Gasteiger partial charge in [0.05, 0.1) is 0 Å². The van der Waals surface area contributed by atoms with E-state index in [1.54, 1.807) is 4.52 Å². The summed E-state index contributed by atoms with van der Waals surface area (Å²) in [5.41, 5.74) is 4.37. The first-order chi connectivity index (χ1) is 12.2. The van der Waals surface area contributed by atoms with Crippen molar-refractivity contribution in [2.75, 3.05) is 0 Å². The molecular formula is C19H14N4OS. The van der Waals surface area contributed by atoms with Crippen LogP contribution in [0.2, 0.25) is 0 Å². The third kappa shape index (κ3) is 2.34. The van der Waals surface area contributed by atoms with Crippen LogP contribution in [0, 0.1) is 13.8 Å². The molecule has 0 radical (unpaired) electrons. The highest BCUT2D eigenvalue weighted by Crippen LogP contribution is 2.31. The van der Waals surface area contributed by atoms with Gasteiger partial charge in [-0.15, -0.1) is 10.2 Å². The lowest BCUT2D eigenvalue weighted by Crippen LogP contribution is -1.90. The van der Waals surface area contributed by atoms with Crippen LogP contribution in [0.4, 0.5) is 0 Å². The quantitative estimate of drug-likeness (QED) is 0.457. The Morgan fingerprint density at radius 2 is 1.76 bits per heavy atom. The maximum Gasteiger partial charge on any atom is 0.235 e. The molecule has 0 amide bonds. The maximum absolute atomic E-state index is 5.92. The minimum atomic E-state index is 0.623. The van der Waals surface area contributed by atoms with Crippen molar-refractivity contribution in [1.82, 2.24) is 19.8 Å². The Morgan fingerprint density at radius 3 is 2.56 bits per heavy atom. The zero-order valence-corrected chi connectivity index (χ0v) is 14.5. The molecular weight excluding hydrogens is 332 g/mol. The number of para-hydroxylation sites is 1. The lowest BCUT2D eigenvalue weighted by molar-refractivity contribution is 0.622. The summed E-state index contributed by atoms with van der Waals surface area (Å²) in [6.07, 6.45) is 0. The summed E-state index contributed by atoms with van der Waals surface area (Å²) in [4.78, 5) is 0.754. The molecule has 25 heavy (non-hydrogen) atoms. The van der Waals surface area contributed by atoms with Crippen molar-refractivity contribution in [2.45, 2.75) is 13.8 Å². The Hall–Kier alpha value is -2.99. The van der Waals surface area contributed by atoms with Gasteiger partial charge >= 0.3 is 0 Å². The van der Waals surface area contributed by atoms with Crippen LogP contribution < -0.4 is 0 Å². The van der Waals surface area contributed by atoms with E-state index in [9.17, 15) is 0 Å². The van der Waals surface area contributed by atoms with E-state index < -0.39 is 0 Å². The zero-order chi connectivity index (χ0) is 17.0. The summed E-state index contributed by atoms with van der Waals surface area (Å²) in [6, 6.07) is 16.3. The molecule has 0 bridgehead atoms. The van der Waals surface area contributed by atoms with Gasteiger partial charge in [0.1, 0.15) is 10.6 Å². The highest BCUT2D eigenvalue weighted by atomic mass is 32.1. The summed E-state index contributed by atoms with van der Waals surface area (Å²) in [6.45, 7) is 4.19. The number of rotatable bonds is 2. The van der Waals surface area contributed by atoms with Crippen molar-refractivity contribution >= 4 is 27.3 Å². The Bertz CT molecular complexity index is 1180. The van der Waals surface area contributed by atoms with Gasteiger partial charge in [0.25, 0.3) is 0 Å². The molecule has 3 heterocycles. The standard InChI is InChI=1S/C19H14N4OS/c1-11-7-12(2)9-14(8-11)18-22-23-17(20-21-19(23)25-18)16-10-13-5-3-4-6-15(13)24-16/h3-10H,1-2H3. The van der Waals surface area contributed by atoms with E-state index in [0.29, 0.717) is 11.6 Å². The molecule has 3 aromatic heterocycles. The van der Waals surface area contributed by atoms with Crippen molar-refractivity contribution in [2.24, 2.45) is 0 Å². The molecule has 6 heteroatoms. The Morgan fingerprint density at radius 1 is 0.960 bits per heavy atom. The molecule has 122 valence electrons. The highest BCUT2D eigenvalue weighted by Gasteiger charge is 2.17. The third-order valence-corrected chi connectivity index (χ3v) is 5.05. The topological polar surface area (TPSA) is 56.2 Å². The summed E-state index contributed by atoms with van der Waals surface area (Å²) < 4.78 is 7.67. The van der Waals surface area contributed by atoms with Crippen LogP contribution in [0.25, 0.3) is 38.1 Å². The summed E-state index contributed by atoms with van der Waals surface area (Å²) in [7, 11) is 0. The fraction of sp³-hybridized carbons (Fsp3) is 0.105. The molecule has 0 atom stereocenters. The lowest BCUT2D eigenvalue weighted by atomic mass is 10.1. The molecule has 5 rings (SSSR count). The van der Waals surface area contributed by atoms with Gasteiger partial charge in [-0.2, -0.15) is 9.61 Å². The molecule has 0 unspecified atom stereocenters. The van der Waals surface area contributed by atoms with E-state index in [4.69, 9.17) is 9.52 Å². The van der Waals surface area contributed by atoms with Gasteiger partial charge in [-0.25, -0.2) is 0 Å². The number of fused-ring (bicyclic) bond motifs is 2. The van der Waals surface area contributed by atoms with Crippen LogP contribution in [0.5, 0.6) is 0 Å². The first-order valence-corrected chi connectivity index (χ1v) is 8.79.